The summed E-state index contributed by atoms with van der Waals surface area (Å²) in [4.78, 5) is 4.13. The van der Waals surface area contributed by atoms with Gasteiger partial charge in [-0.05, 0) is 46.7 Å². The van der Waals surface area contributed by atoms with Crippen molar-refractivity contribution in [3.63, 3.8) is 0 Å². The highest BCUT2D eigenvalue weighted by Gasteiger charge is 2.23. The number of anilines is 1. The molecule has 0 spiro atoms. The lowest BCUT2D eigenvalue weighted by Crippen LogP contribution is -2.28. The Bertz CT molecular complexity index is 359. The number of hydrogen-bond donors (Lipinski definition) is 2. The van der Waals surface area contributed by atoms with Gasteiger partial charge >= 0.3 is 0 Å². The van der Waals surface area contributed by atoms with Crippen LogP contribution in [-0.4, -0.2) is 23.2 Å². The molecule has 4 heteroatoms. The zero-order chi connectivity index (χ0) is 12.1. The molecular weight excluding hydrogens is 280 g/mol. The van der Waals surface area contributed by atoms with E-state index < -0.39 is 0 Å². The van der Waals surface area contributed by atoms with Crippen molar-refractivity contribution in [1.29, 1.82) is 0 Å². The Morgan fingerprint density at radius 2 is 2.06 bits per heavy atom. The molecule has 1 aliphatic carbocycles. The van der Waals surface area contributed by atoms with Gasteiger partial charge in [-0.15, -0.1) is 0 Å². The molecule has 0 aromatic carbocycles. The average molecular weight is 299 g/mol. The van der Waals surface area contributed by atoms with Crippen molar-refractivity contribution in [2.75, 3.05) is 18.5 Å². The Kier molecular flexibility index (Phi) is 4.80. The van der Waals surface area contributed by atoms with Crippen molar-refractivity contribution in [3.8, 4) is 0 Å². The van der Waals surface area contributed by atoms with Gasteiger partial charge in [-0.3, -0.25) is 4.98 Å². The molecule has 3 nitrogen and oxygen atoms in total. The van der Waals surface area contributed by atoms with Crippen LogP contribution < -0.4 is 5.32 Å². The summed E-state index contributed by atoms with van der Waals surface area (Å²) in [6.45, 7) is 1.26. The van der Waals surface area contributed by atoms with Gasteiger partial charge in [0.2, 0.25) is 0 Å². The monoisotopic (exact) mass is 298 g/mol. The minimum atomic E-state index is 0.323. The maximum absolute atomic E-state index is 9.36. The zero-order valence-corrected chi connectivity index (χ0v) is 11.5. The molecule has 1 aromatic heterocycles. The standard InChI is InChI=1S/C13H19BrN2O/c14-12-5-13(8-15-7-12)16-6-10-3-1-2-4-11(10)9-17/h5,7-8,10-11,16-17H,1-4,6,9H2. The molecule has 1 aliphatic rings. The predicted octanol–water partition coefficient (Wildman–Crippen LogP) is 3.05. The first-order valence-electron chi connectivity index (χ1n) is 6.25. The molecule has 2 atom stereocenters. The third-order valence-corrected chi connectivity index (χ3v) is 4.01. The van der Waals surface area contributed by atoms with Gasteiger partial charge in [-0.1, -0.05) is 12.8 Å². The Morgan fingerprint density at radius 1 is 1.29 bits per heavy atom. The van der Waals surface area contributed by atoms with Crippen LogP contribution in [0.1, 0.15) is 25.7 Å². The lowest BCUT2D eigenvalue weighted by molar-refractivity contribution is 0.141. The Hall–Kier alpha value is -0.610. The summed E-state index contributed by atoms with van der Waals surface area (Å²) in [6, 6.07) is 2.03. The summed E-state index contributed by atoms with van der Waals surface area (Å²) in [5, 5.41) is 12.8. The molecule has 1 saturated carbocycles. The Morgan fingerprint density at radius 3 is 2.76 bits per heavy atom. The molecule has 0 amide bonds. The van der Waals surface area contributed by atoms with Gasteiger partial charge in [0.15, 0.2) is 0 Å². The van der Waals surface area contributed by atoms with E-state index in [-0.39, 0.29) is 0 Å². The fourth-order valence-electron chi connectivity index (χ4n) is 2.55. The zero-order valence-electron chi connectivity index (χ0n) is 9.90. The topological polar surface area (TPSA) is 45.1 Å². The van der Waals surface area contributed by atoms with E-state index in [2.05, 4.69) is 26.2 Å². The molecule has 0 radical (unpaired) electrons. The number of rotatable bonds is 4. The van der Waals surface area contributed by atoms with Crippen molar-refractivity contribution in [2.45, 2.75) is 25.7 Å². The van der Waals surface area contributed by atoms with Crippen LogP contribution in [0.2, 0.25) is 0 Å². The minimum Gasteiger partial charge on any atom is -0.396 e. The first kappa shape index (κ1) is 12.8. The van der Waals surface area contributed by atoms with Crippen LogP contribution in [0.15, 0.2) is 22.9 Å². The molecule has 0 aliphatic heterocycles. The highest BCUT2D eigenvalue weighted by Crippen LogP contribution is 2.29. The number of aromatic nitrogens is 1. The third-order valence-electron chi connectivity index (χ3n) is 3.57. The molecule has 0 bridgehead atoms. The highest BCUT2D eigenvalue weighted by atomic mass is 79.9. The largest absolute Gasteiger partial charge is 0.396 e. The molecule has 1 aromatic rings. The van der Waals surface area contributed by atoms with E-state index in [0.717, 1.165) is 16.7 Å². The number of nitrogens with one attached hydrogen (secondary N) is 1. The van der Waals surface area contributed by atoms with Gasteiger partial charge in [0.05, 0.1) is 11.9 Å². The maximum atomic E-state index is 9.36. The minimum absolute atomic E-state index is 0.323. The van der Waals surface area contributed by atoms with E-state index in [1.807, 2.05) is 12.3 Å². The molecule has 1 fully saturated rings. The summed E-state index contributed by atoms with van der Waals surface area (Å²) in [5.74, 6) is 1.06. The average Bonchev–Trinajstić information content (AvgIpc) is 2.37. The Balaban J connectivity index is 1.88. The van der Waals surface area contributed by atoms with E-state index in [1.54, 1.807) is 6.20 Å². The molecule has 0 saturated heterocycles. The molecule has 1 heterocycles. The first-order valence-corrected chi connectivity index (χ1v) is 7.04. The number of aliphatic hydroxyl groups is 1. The third kappa shape index (κ3) is 3.68. The molecular formula is C13H19BrN2O. The summed E-state index contributed by atoms with van der Waals surface area (Å²) in [5.41, 5.74) is 1.04. The molecule has 2 N–H and O–H groups in total. The lowest BCUT2D eigenvalue weighted by atomic mass is 9.79. The van der Waals surface area contributed by atoms with Gasteiger partial charge in [-0.2, -0.15) is 0 Å². The van der Waals surface area contributed by atoms with Crippen molar-refractivity contribution in [2.24, 2.45) is 11.8 Å². The second kappa shape index (κ2) is 6.36. The lowest BCUT2D eigenvalue weighted by Gasteiger charge is -2.30. The van der Waals surface area contributed by atoms with Gasteiger partial charge < -0.3 is 10.4 Å². The second-order valence-electron chi connectivity index (χ2n) is 4.76. The smallest absolute Gasteiger partial charge is 0.0538 e. The van der Waals surface area contributed by atoms with Gasteiger partial charge in [0, 0.05) is 23.8 Å². The van der Waals surface area contributed by atoms with Gasteiger partial charge in [0.25, 0.3) is 0 Å². The van der Waals surface area contributed by atoms with Crippen LogP contribution in [0.4, 0.5) is 5.69 Å². The number of halogens is 1. The van der Waals surface area contributed by atoms with Crippen molar-refractivity contribution in [3.05, 3.63) is 22.9 Å². The quantitative estimate of drug-likeness (QED) is 0.898. The molecule has 94 valence electrons. The Labute approximate surface area is 111 Å². The SMILES string of the molecule is OCC1CCCCC1CNc1cncc(Br)c1. The van der Waals surface area contributed by atoms with Gasteiger partial charge in [0.1, 0.15) is 0 Å². The van der Waals surface area contributed by atoms with Crippen LogP contribution in [0.3, 0.4) is 0 Å². The van der Waals surface area contributed by atoms with Crippen LogP contribution in [0.5, 0.6) is 0 Å². The number of nitrogens with zero attached hydrogens (tertiary/aromatic N) is 1. The number of aliphatic hydroxyl groups excluding tert-OH is 1. The number of pyridine rings is 1. The van der Waals surface area contributed by atoms with Crippen molar-refractivity contribution >= 4 is 21.6 Å². The summed E-state index contributed by atoms with van der Waals surface area (Å²) in [6.07, 6.45) is 8.56. The molecule has 2 unspecified atom stereocenters. The van der Waals surface area contributed by atoms with Crippen LogP contribution in [0.25, 0.3) is 0 Å². The van der Waals surface area contributed by atoms with Crippen molar-refractivity contribution < 1.29 is 5.11 Å². The molecule has 17 heavy (non-hydrogen) atoms. The maximum Gasteiger partial charge on any atom is 0.0538 e. The summed E-state index contributed by atoms with van der Waals surface area (Å²) >= 11 is 3.41. The van der Waals surface area contributed by atoms with E-state index >= 15 is 0 Å². The first-order chi connectivity index (χ1) is 8.29. The van der Waals surface area contributed by atoms with E-state index in [9.17, 15) is 5.11 Å². The fourth-order valence-corrected chi connectivity index (χ4v) is 2.92. The predicted molar refractivity (Wildman–Crippen MR) is 73.0 cm³/mol. The van der Waals surface area contributed by atoms with Crippen molar-refractivity contribution in [1.82, 2.24) is 4.98 Å². The molecule has 2 rings (SSSR count). The number of hydrogen-bond acceptors (Lipinski definition) is 3. The van der Waals surface area contributed by atoms with E-state index in [4.69, 9.17) is 0 Å². The van der Waals surface area contributed by atoms with Crippen LogP contribution in [0, 0.1) is 11.8 Å². The van der Waals surface area contributed by atoms with E-state index in [1.165, 1.54) is 25.7 Å². The highest BCUT2D eigenvalue weighted by molar-refractivity contribution is 9.10. The fraction of sp³-hybridized carbons (Fsp3) is 0.615. The van der Waals surface area contributed by atoms with Crippen LogP contribution >= 0.6 is 15.9 Å². The summed E-state index contributed by atoms with van der Waals surface area (Å²) in [7, 11) is 0. The van der Waals surface area contributed by atoms with Crippen LogP contribution in [-0.2, 0) is 0 Å². The van der Waals surface area contributed by atoms with Gasteiger partial charge in [-0.25, -0.2) is 0 Å². The second-order valence-corrected chi connectivity index (χ2v) is 5.68. The summed E-state index contributed by atoms with van der Waals surface area (Å²) < 4.78 is 0.991. The van der Waals surface area contributed by atoms with E-state index in [0.29, 0.717) is 18.4 Å². The normalized spacial score (nSPS) is 24.6.